The molecule has 0 radical (unpaired) electrons. The number of hydrogen-bond donors (Lipinski definition) is 1. The van der Waals surface area contributed by atoms with Crippen LogP contribution in [0.3, 0.4) is 0 Å². The van der Waals surface area contributed by atoms with Gasteiger partial charge in [0.05, 0.1) is 24.3 Å². The minimum atomic E-state index is -3.49. The van der Waals surface area contributed by atoms with Crippen molar-refractivity contribution in [3.8, 4) is 5.75 Å². The van der Waals surface area contributed by atoms with Gasteiger partial charge in [-0.1, -0.05) is 6.92 Å². The van der Waals surface area contributed by atoms with Crippen LogP contribution >= 0.6 is 0 Å². The number of likely N-dealkylation sites (tertiary alicyclic amines) is 1. The van der Waals surface area contributed by atoms with E-state index in [1.807, 2.05) is 19.1 Å². The third-order valence-corrected chi connectivity index (χ3v) is 6.28. The van der Waals surface area contributed by atoms with Crippen molar-refractivity contribution in [3.63, 3.8) is 0 Å². The molecule has 1 aromatic carbocycles. The van der Waals surface area contributed by atoms with Gasteiger partial charge in [-0.05, 0) is 74.7 Å². The Hall–Kier alpha value is -1.83. The second-order valence-corrected chi connectivity index (χ2v) is 8.74. The Kier molecular flexibility index (Phi) is 6.93. The first-order valence-electron chi connectivity index (χ1n) is 9.54. The molecule has 0 amide bonds. The molecule has 2 aromatic rings. The number of rotatable bonds is 9. The monoisotopic (exact) mass is 392 g/mol. The highest BCUT2D eigenvalue weighted by Crippen LogP contribution is 2.20. The lowest BCUT2D eigenvalue weighted by Gasteiger charge is -2.31. The number of piperidine rings is 1. The molecule has 6 nitrogen and oxygen atoms in total. The van der Waals surface area contributed by atoms with Crippen molar-refractivity contribution >= 4 is 10.0 Å². The summed E-state index contributed by atoms with van der Waals surface area (Å²) >= 11 is 0. The SMILES string of the molecule is CCCOc1ccc(S(=O)(=O)NCC2CCN(Cc3ccco3)CC2)cc1. The topological polar surface area (TPSA) is 71.8 Å². The molecule has 7 heteroatoms. The standard InChI is InChI=1S/C20H28N2O4S/c1-2-13-25-18-5-7-20(8-6-18)27(23,24)21-15-17-9-11-22(12-10-17)16-19-4-3-14-26-19/h3-8,14,17,21H,2,9-13,15-16H2,1H3. The fraction of sp³-hybridized carbons (Fsp3) is 0.500. The van der Waals surface area contributed by atoms with E-state index in [0.29, 0.717) is 24.8 Å². The Balaban J connectivity index is 1.45. The minimum absolute atomic E-state index is 0.279. The largest absolute Gasteiger partial charge is 0.494 e. The summed E-state index contributed by atoms with van der Waals surface area (Å²) in [5, 5.41) is 0. The molecule has 0 unspecified atom stereocenters. The van der Waals surface area contributed by atoms with E-state index in [4.69, 9.17) is 9.15 Å². The van der Waals surface area contributed by atoms with E-state index in [2.05, 4.69) is 9.62 Å². The Morgan fingerprint density at radius 3 is 2.56 bits per heavy atom. The van der Waals surface area contributed by atoms with Gasteiger partial charge >= 0.3 is 0 Å². The van der Waals surface area contributed by atoms with Crippen LogP contribution in [-0.2, 0) is 16.6 Å². The highest BCUT2D eigenvalue weighted by atomic mass is 32.2. The molecule has 1 aromatic heterocycles. The molecule has 148 valence electrons. The highest BCUT2D eigenvalue weighted by molar-refractivity contribution is 7.89. The zero-order valence-corrected chi connectivity index (χ0v) is 16.6. The van der Waals surface area contributed by atoms with E-state index in [1.165, 1.54) is 0 Å². The minimum Gasteiger partial charge on any atom is -0.494 e. The third kappa shape index (κ3) is 5.82. The molecular weight excluding hydrogens is 364 g/mol. The average molecular weight is 393 g/mol. The van der Waals surface area contributed by atoms with Gasteiger partial charge in [-0.2, -0.15) is 0 Å². The first kappa shape index (κ1) is 19.9. The normalized spacial score (nSPS) is 16.5. The van der Waals surface area contributed by atoms with Crippen LogP contribution in [0.15, 0.2) is 52.0 Å². The second kappa shape index (κ2) is 9.39. The van der Waals surface area contributed by atoms with E-state index in [-0.39, 0.29) is 4.90 Å². The maximum atomic E-state index is 12.5. The number of sulfonamides is 1. The van der Waals surface area contributed by atoms with Gasteiger partial charge in [-0.15, -0.1) is 0 Å². The van der Waals surface area contributed by atoms with Crippen LogP contribution < -0.4 is 9.46 Å². The van der Waals surface area contributed by atoms with Crippen molar-refractivity contribution in [1.82, 2.24) is 9.62 Å². The van der Waals surface area contributed by atoms with Crippen molar-refractivity contribution < 1.29 is 17.6 Å². The molecule has 1 saturated heterocycles. The first-order valence-corrected chi connectivity index (χ1v) is 11.0. The van der Waals surface area contributed by atoms with Crippen molar-refractivity contribution in [3.05, 3.63) is 48.4 Å². The van der Waals surface area contributed by atoms with Gasteiger partial charge in [0.25, 0.3) is 0 Å². The predicted molar refractivity (Wildman–Crippen MR) is 104 cm³/mol. The Bertz CT molecular complexity index is 780. The molecule has 27 heavy (non-hydrogen) atoms. The molecule has 1 aliphatic rings. The summed E-state index contributed by atoms with van der Waals surface area (Å²) in [6, 6.07) is 10.5. The summed E-state index contributed by atoms with van der Waals surface area (Å²) in [5.41, 5.74) is 0. The Morgan fingerprint density at radius 2 is 1.93 bits per heavy atom. The molecule has 0 atom stereocenters. The summed E-state index contributed by atoms with van der Waals surface area (Å²) < 4.78 is 38.7. The maximum Gasteiger partial charge on any atom is 0.240 e. The highest BCUT2D eigenvalue weighted by Gasteiger charge is 2.22. The predicted octanol–water partition coefficient (Wildman–Crippen LogP) is 3.26. The smallest absolute Gasteiger partial charge is 0.240 e. The molecular formula is C20H28N2O4S. The summed E-state index contributed by atoms with van der Waals surface area (Å²) in [6.45, 7) is 5.86. The van der Waals surface area contributed by atoms with Crippen LogP contribution in [0.5, 0.6) is 5.75 Å². The fourth-order valence-corrected chi connectivity index (χ4v) is 4.33. The molecule has 1 aliphatic heterocycles. The third-order valence-electron chi connectivity index (χ3n) is 4.84. The number of furan rings is 1. The van der Waals surface area contributed by atoms with Crippen molar-refractivity contribution in [2.75, 3.05) is 26.2 Å². The molecule has 0 aliphatic carbocycles. The van der Waals surface area contributed by atoms with Crippen molar-refractivity contribution in [2.45, 2.75) is 37.6 Å². The summed E-state index contributed by atoms with van der Waals surface area (Å²) in [6.07, 6.45) is 4.57. The van der Waals surface area contributed by atoms with E-state index < -0.39 is 10.0 Å². The zero-order chi connectivity index (χ0) is 19.1. The van der Waals surface area contributed by atoms with Gasteiger partial charge < -0.3 is 9.15 Å². The lowest BCUT2D eigenvalue weighted by molar-refractivity contribution is 0.168. The zero-order valence-electron chi connectivity index (χ0n) is 15.8. The number of hydrogen-bond acceptors (Lipinski definition) is 5. The van der Waals surface area contributed by atoms with Gasteiger partial charge in [0.15, 0.2) is 0 Å². The average Bonchev–Trinajstić information content (AvgIpc) is 3.19. The van der Waals surface area contributed by atoms with E-state index in [0.717, 1.165) is 44.7 Å². The van der Waals surface area contributed by atoms with Crippen LogP contribution in [0.25, 0.3) is 0 Å². The molecule has 1 N–H and O–H groups in total. The van der Waals surface area contributed by atoms with E-state index in [1.54, 1.807) is 30.5 Å². The van der Waals surface area contributed by atoms with Crippen molar-refractivity contribution in [2.24, 2.45) is 5.92 Å². The van der Waals surface area contributed by atoms with Crippen LogP contribution in [-0.4, -0.2) is 39.6 Å². The quantitative estimate of drug-likeness (QED) is 0.709. The van der Waals surface area contributed by atoms with Gasteiger partial charge in [0.2, 0.25) is 10.0 Å². The van der Waals surface area contributed by atoms with Crippen LogP contribution in [0.1, 0.15) is 31.9 Å². The Morgan fingerprint density at radius 1 is 1.19 bits per heavy atom. The number of ether oxygens (including phenoxy) is 1. The molecule has 0 bridgehead atoms. The number of benzene rings is 1. The Labute approximate surface area is 161 Å². The molecule has 0 spiro atoms. The lowest BCUT2D eigenvalue weighted by Crippen LogP contribution is -2.38. The van der Waals surface area contributed by atoms with Crippen molar-refractivity contribution in [1.29, 1.82) is 0 Å². The fourth-order valence-electron chi connectivity index (χ4n) is 3.22. The number of nitrogens with zero attached hydrogens (tertiary/aromatic N) is 1. The van der Waals surface area contributed by atoms with Crippen LogP contribution in [0.2, 0.25) is 0 Å². The van der Waals surface area contributed by atoms with Gasteiger partial charge in [-0.3, -0.25) is 4.90 Å². The van der Waals surface area contributed by atoms with E-state index in [9.17, 15) is 8.42 Å². The molecule has 3 rings (SSSR count). The van der Waals surface area contributed by atoms with Gasteiger partial charge in [0.1, 0.15) is 11.5 Å². The van der Waals surface area contributed by atoms with Crippen LogP contribution in [0, 0.1) is 5.92 Å². The lowest BCUT2D eigenvalue weighted by atomic mass is 9.97. The summed E-state index contributed by atoms with van der Waals surface area (Å²) in [7, 11) is -3.49. The summed E-state index contributed by atoms with van der Waals surface area (Å²) in [5.74, 6) is 2.03. The van der Waals surface area contributed by atoms with Crippen LogP contribution in [0.4, 0.5) is 0 Å². The van der Waals surface area contributed by atoms with Gasteiger partial charge in [0, 0.05) is 6.54 Å². The van der Waals surface area contributed by atoms with Gasteiger partial charge in [-0.25, -0.2) is 13.1 Å². The number of nitrogens with one attached hydrogen (secondary N) is 1. The maximum absolute atomic E-state index is 12.5. The molecule has 1 fully saturated rings. The second-order valence-electron chi connectivity index (χ2n) is 6.97. The molecule has 0 saturated carbocycles. The molecule has 2 heterocycles. The van der Waals surface area contributed by atoms with E-state index >= 15 is 0 Å². The summed E-state index contributed by atoms with van der Waals surface area (Å²) in [4.78, 5) is 2.63. The first-order chi connectivity index (χ1) is 13.1.